The molecule has 1 unspecified atom stereocenters. The fourth-order valence-corrected chi connectivity index (χ4v) is 4.81. The highest BCUT2D eigenvalue weighted by Gasteiger charge is 2.54. The number of fused-ring (bicyclic) bond motifs is 4. The van der Waals surface area contributed by atoms with Crippen LogP contribution < -0.4 is 9.47 Å². The standard InChI is InChI=1S/C23H24N2O3/c1-14(26)25-13-23(10-11-23)20-16-6-4-5-7-18(16)24-21(20)22(25)17-9-8-15(27-2)12-19(17)28-3/h4-9,12,22,24H,10-11,13H2,1-3H3. The number of nitrogens with one attached hydrogen (secondary N) is 1. The number of methoxy groups -OCH3 is 2. The Morgan fingerprint density at radius 2 is 1.93 bits per heavy atom. The number of aromatic nitrogens is 1. The molecule has 1 aliphatic heterocycles. The van der Waals surface area contributed by atoms with Gasteiger partial charge in [0.15, 0.2) is 0 Å². The monoisotopic (exact) mass is 376 g/mol. The summed E-state index contributed by atoms with van der Waals surface area (Å²) in [7, 11) is 3.30. The number of H-pyrrole nitrogens is 1. The van der Waals surface area contributed by atoms with Gasteiger partial charge >= 0.3 is 0 Å². The maximum absolute atomic E-state index is 12.7. The van der Waals surface area contributed by atoms with Gasteiger partial charge in [0, 0.05) is 47.1 Å². The molecule has 1 N–H and O–H groups in total. The Bertz CT molecular complexity index is 1080. The van der Waals surface area contributed by atoms with Crippen LogP contribution in [-0.2, 0) is 10.2 Å². The van der Waals surface area contributed by atoms with Crippen molar-refractivity contribution in [3.8, 4) is 11.5 Å². The van der Waals surface area contributed by atoms with Crippen LogP contribution in [0.5, 0.6) is 11.5 Å². The van der Waals surface area contributed by atoms with Gasteiger partial charge in [-0.2, -0.15) is 0 Å². The summed E-state index contributed by atoms with van der Waals surface area (Å²) in [5.74, 6) is 1.55. The van der Waals surface area contributed by atoms with E-state index in [9.17, 15) is 4.79 Å². The van der Waals surface area contributed by atoms with Crippen molar-refractivity contribution < 1.29 is 14.3 Å². The maximum Gasteiger partial charge on any atom is 0.220 e. The number of para-hydroxylation sites is 1. The Labute approximate surface area is 164 Å². The van der Waals surface area contributed by atoms with Crippen LogP contribution in [0.2, 0.25) is 0 Å². The van der Waals surface area contributed by atoms with Gasteiger partial charge in [-0.15, -0.1) is 0 Å². The first-order valence-electron chi connectivity index (χ1n) is 9.68. The molecule has 1 aliphatic carbocycles. The Morgan fingerprint density at radius 1 is 1.14 bits per heavy atom. The molecule has 1 fully saturated rings. The van der Waals surface area contributed by atoms with Gasteiger partial charge in [-0.1, -0.05) is 18.2 Å². The first-order chi connectivity index (χ1) is 13.6. The highest BCUT2D eigenvalue weighted by atomic mass is 16.5. The van der Waals surface area contributed by atoms with Crippen molar-refractivity contribution in [2.45, 2.75) is 31.2 Å². The Balaban J connectivity index is 1.78. The minimum absolute atomic E-state index is 0.0802. The number of carbonyl (C=O) groups is 1. The SMILES string of the molecule is COc1ccc(C2c3[nH]c4ccccc4c3C3(CC3)CN2C(C)=O)c(OC)c1. The number of rotatable bonds is 3. The molecule has 0 radical (unpaired) electrons. The van der Waals surface area contributed by atoms with Gasteiger partial charge in [0.2, 0.25) is 5.91 Å². The van der Waals surface area contributed by atoms with Crippen LogP contribution in [0.1, 0.15) is 42.6 Å². The molecule has 1 aromatic heterocycles. The predicted octanol–water partition coefficient (Wildman–Crippen LogP) is 4.17. The number of benzene rings is 2. The zero-order chi connectivity index (χ0) is 19.5. The minimum atomic E-state index is -0.202. The van der Waals surface area contributed by atoms with Gasteiger partial charge in [0.1, 0.15) is 17.5 Å². The number of nitrogens with zero attached hydrogens (tertiary/aromatic N) is 1. The van der Waals surface area contributed by atoms with E-state index in [4.69, 9.17) is 9.47 Å². The molecular formula is C23H24N2O3. The molecule has 1 amide bonds. The fraction of sp³-hybridized carbons (Fsp3) is 0.348. The van der Waals surface area contributed by atoms with Gasteiger partial charge in [-0.25, -0.2) is 0 Å². The van der Waals surface area contributed by atoms with E-state index in [1.165, 1.54) is 10.9 Å². The minimum Gasteiger partial charge on any atom is -0.497 e. The van der Waals surface area contributed by atoms with Crippen molar-refractivity contribution in [3.63, 3.8) is 0 Å². The number of aromatic amines is 1. The van der Waals surface area contributed by atoms with E-state index >= 15 is 0 Å². The summed E-state index contributed by atoms with van der Waals surface area (Å²) in [5, 5.41) is 1.27. The van der Waals surface area contributed by atoms with E-state index in [0.717, 1.165) is 47.7 Å². The molecular weight excluding hydrogens is 352 g/mol. The van der Waals surface area contributed by atoms with Crippen molar-refractivity contribution in [2.75, 3.05) is 20.8 Å². The van der Waals surface area contributed by atoms with Gasteiger partial charge < -0.3 is 19.4 Å². The molecule has 2 heterocycles. The van der Waals surface area contributed by atoms with Crippen LogP contribution in [0.3, 0.4) is 0 Å². The third-order valence-electron chi connectivity index (χ3n) is 6.32. The van der Waals surface area contributed by atoms with Crippen molar-refractivity contribution >= 4 is 16.8 Å². The number of amides is 1. The zero-order valence-corrected chi connectivity index (χ0v) is 16.4. The van der Waals surface area contributed by atoms with Crippen LogP contribution in [0, 0.1) is 0 Å². The summed E-state index contributed by atoms with van der Waals surface area (Å²) < 4.78 is 11.1. The van der Waals surface area contributed by atoms with Gasteiger partial charge in [-0.05, 0) is 36.6 Å². The quantitative estimate of drug-likeness (QED) is 0.746. The molecule has 5 rings (SSSR count). The number of hydrogen-bond donors (Lipinski definition) is 1. The number of ether oxygens (including phenoxy) is 2. The summed E-state index contributed by atoms with van der Waals surface area (Å²) in [6.45, 7) is 2.41. The van der Waals surface area contributed by atoms with E-state index in [2.05, 4.69) is 29.2 Å². The highest BCUT2D eigenvalue weighted by molar-refractivity contribution is 5.88. The predicted molar refractivity (Wildman–Crippen MR) is 108 cm³/mol. The Hall–Kier alpha value is -2.95. The molecule has 1 saturated carbocycles. The lowest BCUT2D eigenvalue weighted by Crippen LogP contribution is -2.44. The molecule has 1 atom stereocenters. The van der Waals surface area contributed by atoms with Crippen LogP contribution >= 0.6 is 0 Å². The largest absolute Gasteiger partial charge is 0.497 e. The smallest absolute Gasteiger partial charge is 0.220 e. The van der Waals surface area contributed by atoms with Crippen molar-refractivity contribution in [3.05, 3.63) is 59.3 Å². The van der Waals surface area contributed by atoms with Crippen LogP contribution in [-0.4, -0.2) is 36.6 Å². The summed E-state index contributed by atoms with van der Waals surface area (Å²) in [6.07, 6.45) is 2.25. The lowest BCUT2D eigenvalue weighted by Gasteiger charge is -2.40. The molecule has 2 aromatic carbocycles. The molecule has 3 aromatic rings. The van der Waals surface area contributed by atoms with E-state index in [1.54, 1.807) is 21.1 Å². The lowest BCUT2D eigenvalue weighted by molar-refractivity contribution is -0.131. The molecule has 1 spiro atoms. The molecule has 28 heavy (non-hydrogen) atoms. The van der Waals surface area contributed by atoms with E-state index in [-0.39, 0.29) is 17.4 Å². The van der Waals surface area contributed by atoms with Crippen molar-refractivity contribution in [1.29, 1.82) is 0 Å². The van der Waals surface area contributed by atoms with E-state index in [1.807, 2.05) is 23.1 Å². The molecule has 0 saturated heterocycles. The number of carbonyl (C=O) groups excluding carboxylic acids is 1. The second-order valence-corrected chi connectivity index (χ2v) is 7.90. The lowest BCUT2D eigenvalue weighted by atomic mass is 9.83. The third kappa shape index (κ3) is 2.35. The fourth-order valence-electron chi connectivity index (χ4n) is 4.81. The highest BCUT2D eigenvalue weighted by Crippen LogP contribution is 2.58. The number of hydrogen-bond acceptors (Lipinski definition) is 3. The normalized spacial score (nSPS) is 19.5. The Kier molecular flexibility index (Phi) is 3.69. The Morgan fingerprint density at radius 3 is 2.61 bits per heavy atom. The van der Waals surface area contributed by atoms with Crippen molar-refractivity contribution in [2.24, 2.45) is 0 Å². The molecule has 2 aliphatic rings. The van der Waals surface area contributed by atoms with E-state index < -0.39 is 0 Å². The average molecular weight is 376 g/mol. The van der Waals surface area contributed by atoms with Gasteiger partial charge in [-0.3, -0.25) is 4.79 Å². The van der Waals surface area contributed by atoms with Crippen LogP contribution in [0.15, 0.2) is 42.5 Å². The van der Waals surface area contributed by atoms with Crippen LogP contribution in [0.4, 0.5) is 0 Å². The van der Waals surface area contributed by atoms with Gasteiger partial charge in [0.25, 0.3) is 0 Å². The zero-order valence-electron chi connectivity index (χ0n) is 16.4. The first kappa shape index (κ1) is 17.2. The second kappa shape index (κ2) is 6.03. The average Bonchev–Trinajstić information content (AvgIpc) is 3.36. The molecule has 0 bridgehead atoms. The molecule has 5 nitrogen and oxygen atoms in total. The summed E-state index contributed by atoms with van der Waals surface area (Å²) >= 11 is 0. The van der Waals surface area contributed by atoms with Crippen molar-refractivity contribution in [1.82, 2.24) is 9.88 Å². The second-order valence-electron chi connectivity index (χ2n) is 7.90. The summed E-state index contributed by atoms with van der Waals surface area (Å²) in [5.41, 5.74) is 4.67. The third-order valence-corrected chi connectivity index (χ3v) is 6.32. The van der Waals surface area contributed by atoms with Crippen LogP contribution in [0.25, 0.3) is 10.9 Å². The molecule has 144 valence electrons. The van der Waals surface area contributed by atoms with Gasteiger partial charge in [0.05, 0.1) is 14.2 Å². The van der Waals surface area contributed by atoms with E-state index in [0.29, 0.717) is 0 Å². The maximum atomic E-state index is 12.7. The topological polar surface area (TPSA) is 54.6 Å². The molecule has 5 heteroatoms. The summed E-state index contributed by atoms with van der Waals surface area (Å²) in [4.78, 5) is 18.3. The first-order valence-corrected chi connectivity index (χ1v) is 9.68. The summed E-state index contributed by atoms with van der Waals surface area (Å²) in [6, 6.07) is 14.1.